The minimum absolute atomic E-state index is 0.0334. The topological polar surface area (TPSA) is 54.0 Å². The van der Waals surface area contributed by atoms with Gasteiger partial charge in [0.15, 0.2) is 6.79 Å². The number of ether oxygens (including phenoxy) is 4. The van der Waals surface area contributed by atoms with Crippen LogP contribution in [0.15, 0.2) is 36.4 Å². The normalized spacial score (nSPS) is 11.8. The number of benzene rings is 2. The SMILES string of the molecule is COCOc1cc(C#Cc2ccc3c(c2)CCO3)ccc1C(=O)OC. The van der Waals surface area contributed by atoms with Crippen LogP contribution < -0.4 is 9.47 Å². The van der Waals surface area contributed by atoms with Gasteiger partial charge in [-0.2, -0.15) is 0 Å². The molecule has 0 radical (unpaired) electrons. The van der Waals surface area contributed by atoms with E-state index in [1.807, 2.05) is 18.2 Å². The molecule has 5 heteroatoms. The molecule has 0 amide bonds. The quantitative estimate of drug-likeness (QED) is 0.487. The average molecular weight is 338 g/mol. The van der Waals surface area contributed by atoms with Gasteiger partial charge in [-0.25, -0.2) is 4.79 Å². The van der Waals surface area contributed by atoms with E-state index in [0.29, 0.717) is 11.3 Å². The van der Waals surface area contributed by atoms with Crippen molar-refractivity contribution in [2.45, 2.75) is 6.42 Å². The lowest BCUT2D eigenvalue weighted by Gasteiger charge is -2.09. The lowest BCUT2D eigenvalue weighted by atomic mass is 10.1. The largest absolute Gasteiger partial charge is 0.493 e. The molecule has 0 aromatic heterocycles. The van der Waals surface area contributed by atoms with Crippen molar-refractivity contribution in [2.75, 3.05) is 27.6 Å². The minimum Gasteiger partial charge on any atom is -0.493 e. The fourth-order valence-corrected chi connectivity index (χ4v) is 2.53. The van der Waals surface area contributed by atoms with Crippen LogP contribution in [0.5, 0.6) is 11.5 Å². The van der Waals surface area contributed by atoms with Gasteiger partial charge in [0.1, 0.15) is 17.1 Å². The first kappa shape index (κ1) is 16.9. The third-order valence-corrected chi connectivity index (χ3v) is 3.76. The Morgan fingerprint density at radius 1 is 1.12 bits per heavy atom. The molecule has 0 bridgehead atoms. The molecule has 3 rings (SSSR count). The van der Waals surface area contributed by atoms with Gasteiger partial charge in [0, 0.05) is 24.7 Å². The Balaban J connectivity index is 1.86. The molecule has 25 heavy (non-hydrogen) atoms. The van der Waals surface area contributed by atoms with Crippen molar-refractivity contribution < 1.29 is 23.7 Å². The highest BCUT2D eigenvalue weighted by atomic mass is 16.7. The van der Waals surface area contributed by atoms with Gasteiger partial charge in [0.05, 0.1) is 13.7 Å². The maximum Gasteiger partial charge on any atom is 0.341 e. The van der Waals surface area contributed by atoms with Crippen molar-refractivity contribution in [1.82, 2.24) is 0 Å². The highest BCUT2D eigenvalue weighted by Crippen LogP contribution is 2.26. The van der Waals surface area contributed by atoms with Gasteiger partial charge < -0.3 is 18.9 Å². The van der Waals surface area contributed by atoms with Crippen LogP contribution in [0.25, 0.3) is 0 Å². The zero-order chi connectivity index (χ0) is 17.6. The third-order valence-electron chi connectivity index (χ3n) is 3.76. The number of rotatable bonds is 4. The number of hydrogen-bond donors (Lipinski definition) is 0. The van der Waals surface area contributed by atoms with Crippen molar-refractivity contribution in [3.8, 4) is 23.3 Å². The van der Waals surface area contributed by atoms with E-state index in [9.17, 15) is 4.79 Å². The molecule has 0 aliphatic carbocycles. The molecule has 1 aliphatic heterocycles. The van der Waals surface area contributed by atoms with Gasteiger partial charge >= 0.3 is 5.97 Å². The number of hydrogen-bond acceptors (Lipinski definition) is 5. The van der Waals surface area contributed by atoms with Crippen molar-refractivity contribution in [3.63, 3.8) is 0 Å². The van der Waals surface area contributed by atoms with Crippen LogP contribution in [0.1, 0.15) is 27.0 Å². The lowest BCUT2D eigenvalue weighted by Crippen LogP contribution is -2.07. The average Bonchev–Trinajstić information content (AvgIpc) is 3.12. The fourth-order valence-electron chi connectivity index (χ4n) is 2.53. The van der Waals surface area contributed by atoms with Crippen LogP contribution in [0, 0.1) is 11.8 Å². The summed E-state index contributed by atoms with van der Waals surface area (Å²) in [6.07, 6.45) is 0.910. The van der Waals surface area contributed by atoms with Crippen LogP contribution in [0.3, 0.4) is 0 Å². The molecule has 5 nitrogen and oxygen atoms in total. The number of esters is 1. The first-order valence-corrected chi connectivity index (χ1v) is 7.83. The molecule has 1 aliphatic rings. The molecule has 0 spiro atoms. The summed E-state index contributed by atoms with van der Waals surface area (Å²) in [4.78, 5) is 11.8. The van der Waals surface area contributed by atoms with E-state index in [1.165, 1.54) is 19.8 Å². The number of carbonyl (C=O) groups excluding carboxylic acids is 1. The Morgan fingerprint density at radius 3 is 2.64 bits per heavy atom. The van der Waals surface area contributed by atoms with Crippen LogP contribution in [-0.4, -0.2) is 33.6 Å². The van der Waals surface area contributed by atoms with Crippen molar-refractivity contribution in [3.05, 3.63) is 58.7 Å². The highest BCUT2D eigenvalue weighted by molar-refractivity contribution is 5.92. The summed E-state index contributed by atoms with van der Waals surface area (Å²) < 4.78 is 20.6. The van der Waals surface area contributed by atoms with E-state index in [0.717, 1.165) is 29.9 Å². The predicted octanol–water partition coefficient (Wildman–Crippen LogP) is 2.79. The summed E-state index contributed by atoms with van der Waals surface area (Å²) in [5, 5.41) is 0. The Bertz CT molecular complexity index is 845. The molecule has 2 aromatic carbocycles. The second kappa shape index (κ2) is 7.73. The monoisotopic (exact) mass is 338 g/mol. The lowest BCUT2D eigenvalue weighted by molar-refractivity contribution is 0.0465. The van der Waals surface area contributed by atoms with Crippen LogP contribution in [-0.2, 0) is 15.9 Å². The summed E-state index contributed by atoms with van der Waals surface area (Å²) in [5.74, 6) is 7.06. The van der Waals surface area contributed by atoms with E-state index >= 15 is 0 Å². The Kier molecular flexibility index (Phi) is 5.22. The summed E-state index contributed by atoms with van der Waals surface area (Å²) in [7, 11) is 2.84. The zero-order valence-corrected chi connectivity index (χ0v) is 14.1. The van der Waals surface area contributed by atoms with Crippen LogP contribution >= 0.6 is 0 Å². The van der Waals surface area contributed by atoms with Crippen LogP contribution in [0.2, 0.25) is 0 Å². The molecule has 0 saturated heterocycles. The molecule has 0 N–H and O–H groups in total. The molecule has 2 aromatic rings. The summed E-state index contributed by atoms with van der Waals surface area (Å²) in [5.41, 5.74) is 3.16. The second-order valence-corrected chi connectivity index (χ2v) is 5.42. The maximum absolute atomic E-state index is 11.8. The molecule has 0 atom stereocenters. The highest BCUT2D eigenvalue weighted by Gasteiger charge is 2.14. The van der Waals surface area contributed by atoms with Crippen molar-refractivity contribution in [1.29, 1.82) is 0 Å². The summed E-state index contributed by atoms with van der Waals surface area (Å²) in [6, 6.07) is 11.0. The zero-order valence-electron chi connectivity index (χ0n) is 14.1. The standard InChI is InChI=1S/C20H18O5/c1-22-13-25-19-12-15(5-7-17(19)20(21)23-2)4-3-14-6-8-18-16(11-14)9-10-24-18/h5-8,11-12H,9-10,13H2,1-2H3. The second-order valence-electron chi connectivity index (χ2n) is 5.42. The molecule has 0 unspecified atom stereocenters. The molecule has 0 fully saturated rings. The smallest absolute Gasteiger partial charge is 0.341 e. The van der Waals surface area contributed by atoms with E-state index < -0.39 is 5.97 Å². The van der Waals surface area contributed by atoms with E-state index in [4.69, 9.17) is 18.9 Å². The molecular formula is C20H18O5. The first-order chi connectivity index (χ1) is 12.2. The Labute approximate surface area is 146 Å². The van der Waals surface area contributed by atoms with E-state index in [-0.39, 0.29) is 6.79 Å². The predicted molar refractivity (Wildman–Crippen MR) is 91.9 cm³/mol. The molecular weight excluding hydrogens is 320 g/mol. The Morgan fingerprint density at radius 2 is 1.88 bits per heavy atom. The van der Waals surface area contributed by atoms with E-state index in [2.05, 4.69) is 11.8 Å². The van der Waals surface area contributed by atoms with E-state index in [1.54, 1.807) is 18.2 Å². The number of carbonyl (C=O) groups is 1. The van der Waals surface area contributed by atoms with Crippen molar-refractivity contribution >= 4 is 5.97 Å². The van der Waals surface area contributed by atoms with Gasteiger partial charge in [-0.05, 0) is 42.0 Å². The third kappa shape index (κ3) is 3.93. The van der Waals surface area contributed by atoms with Gasteiger partial charge in [-0.3, -0.25) is 0 Å². The Hall–Kier alpha value is -2.97. The van der Waals surface area contributed by atoms with Gasteiger partial charge in [0.2, 0.25) is 0 Å². The number of methoxy groups -OCH3 is 2. The maximum atomic E-state index is 11.8. The molecule has 0 saturated carbocycles. The first-order valence-electron chi connectivity index (χ1n) is 7.83. The van der Waals surface area contributed by atoms with Gasteiger partial charge in [-0.1, -0.05) is 11.8 Å². The molecule has 1 heterocycles. The molecule has 128 valence electrons. The van der Waals surface area contributed by atoms with Crippen LogP contribution in [0.4, 0.5) is 0 Å². The van der Waals surface area contributed by atoms with Gasteiger partial charge in [-0.15, -0.1) is 0 Å². The fraction of sp³-hybridized carbons (Fsp3) is 0.250. The number of fused-ring (bicyclic) bond motifs is 1. The van der Waals surface area contributed by atoms with Crippen molar-refractivity contribution in [2.24, 2.45) is 0 Å². The minimum atomic E-state index is -0.468. The van der Waals surface area contributed by atoms with Gasteiger partial charge in [0.25, 0.3) is 0 Å². The summed E-state index contributed by atoms with van der Waals surface area (Å²) in [6.45, 7) is 0.757. The summed E-state index contributed by atoms with van der Waals surface area (Å²) >= 11 is 0.